The molecule has 1 aromatic rings. The molecule has 3 rings (SSSR count). The van der Waals surface area contributed by atoms with Gasteiger partial charge in [-0.2, -0.15) is 0 Å². The molecule has 110 valence electrons. The quantitative estimate of drug-likeness (QED) is 0.840. The number of likely N-dealkylation sites (N-methyl/N-ethyl adjacent to an activating group) is 1. The Morgan fingerprint density at radius 2 is 2.35 bits per heavy atom. The second-order valence-electron chi connectivity index (χ2n) is 6.13. The molecule has 0 bridgehead atoms. The van der Waals surface area contributed by atoms with Crippen molar-refractivity contribution in [1.82, 2.24) is 14.5 Å². The zero-order valence-electron chi connectivity index (χ0n) is 12.3. The summed E-state index contributed by atoms with van der Waals surface area (Å²) < 4.78 is 7.88. The molecule has 1 aromatic heterocycles. The van der Waals surface area contributed by atoms with Crippen molar-refractivity contribution >= 4 is 5.91 Å². The van der Waals surface area contributed by atoms with Crippen LogP contribution in [0.3, 0.4) is 0 Å². The lowest BCUT2D eigenvalue weighted by atomic mass is 9.98. The number of imidazole rings is 1. The Morgan fingerprint density at radius 1 is 1.50 bits per heavy atom. The predicted molar refractivity (Wildman–Crippen MR) is 75.2 cm³/mol. The molecule has 0 aliphatic carbocycles. The lowest BCUT2D eigenvalue weighted by Crippen LogP contribution is -2.40. The molecule has 1 fully saturated rings. The van der Waals surface area contributed by atoms with E-state index in [9.17, 15) is 4.79 Å². The summed E-state index contributed by atoms with van der Waals surface area (Å²) in [6, 6.07) is 0. The topological polar surface area (TPSA) is 47.4 Å². The minimum absolute atomic E-state index is 0.144. The van der Waals surface area contributed by atoms with Gasteiger partial charge in [0.1, 0.15) is 11.9 Å². The van der Waals surface area contributed by atoms with E-state index in [-0.39, 0.29) is 18.1 Å². The molecular formula is C15H23N3O2. The Morgan fingerprint density at radius 3 is 3.10 bits per heavy atom. The number of hydrogen-bond donors (Lipinski definition) is 0. The zero-order valence-corrected chi connectivity index (χ0v) is 12.3. The molecule has 3 atom stereocenters. The van der Waals surface area contributed by atoms with Crippen LogP contribution in [0.5, 0.6) is 0 Å². The number of aryl methyl sites for hydroxylation is 1. The van der Waals surface area contributed by atoms with Crippen molar-refractivity contribution in [3.63, 3.8) is 0 Å². The number of nitrogens with zero attached hydrogens (tertiary/aromatic N) is 3. The van der Waals surface area contributed by atoms with E-state index in [2.05, 4.69) is 9.55 Å². The van der Waals surface area contributed by atoms with E-state index in [1.54, 1.807) is 0 Å². The third kappa shape index (κ3) is 2.73. The molecule has 0 N–H and O–H groups in total. The Kier molecular flexibility index (Phi) is 3.78. The van der Waals surface area contributed by atoms with Gasteiger partial charge in [0.15, 0.2) is 0 Å². The summed E-state index contributed by atoms with van der Waals surface area (Å²) in [6.45, 7) is 3.81. The number of ether oxygens (including phenoxy) is 1. The molecular weight excluding hydrogens is 254 g/mol. The van der Waals surface area contributed by atoms with Crippen molar-refractivity contribution in [2.45, 2.75) is 51.4 Å². The largest absolute Gasteiger partial charge is 0.365 e. The normalized spacial score (nSPS) is 29.2. The molecule has 5 heteroatoms. The van der Waals surface area contributed by atoms with Crippen LogP contribution in [0.25, 0.3) is 0 Å². The van der Waals surface area contributed by atoms with Crippen LogP contribution < -0.4 is 0 Å². The highest BCUT2D eigenvalue weighted by Crippen LogP contribution is 2.23. The molecule has 3 heterocycles. The van der Waals surface area contributed by atoms with Gasteiger partial charge in [0.05, 0.1) is 6.10 Å². The highest BCUT2D eigenvalue weighted by Gasteiger charge is 2.31. The van der Waals surface area contributed by atoms with Gasteiger partial charge in [-0.05, 0) is 32.1 Å². The maximum Gasteiger partial charge on any atom is 0.251 e. The zero-order chi connectivity index (χ0) is 14.1. The minimum Gasteiger partial charge on any atom is -0.365 e. The lowest BCUT2D eigenvalue weighted by molar-refractivity contribution is -0.141. The first kappa shape index (κ1) is 13.6. The summed E-state index contributed by atoms with van der Waals surface area (Å²) in [4.78, 5) is 18.5. The molecule has 0 aromatic carbocycles. The van der Waals surface area contributed by atoms with E-state index in [1.165, 1.54) is 5.82 Å². The molecule has 0 radical (unpaired) electrons. The number of rotatable bonds is 3. The summed E-state index contributed by atoms with van der Waals surface area (Å²) in [5, 5.41) is 0. The molecule has 0 saturated carbocycles. The number of fused-ring (bicyclic) bond motifs is 1. The van der Waals surface area contributed by atoms with Gasteiger partial charge in [0.25, 0.3) is 5.91 Å². The third-order valence-electron chi connectivity index (χ3n) is 4.45. The van der Waals surface area contributed by atoms with E-state index in [0.29, 0.717) is 5.92 Å². The van der Waals surface area contributed by atoms with Gasteiger partial charge in [-0.25, -0.2) is 4.98 Å². The maximum absolute atomic E-state index is 12.3. The summed E-state index contributed by atoms with van der Waals surface area (Å²) in [6.07, 6.45) is 7.87. The summed E-state index contributed by atoms with van der Waals surface area (Å²) in [7, 11) is 1.90. The predicted octanol–water partition coefficient (Wildman–Crippen LogP) is 1.47. The van der Waals surface area contributed by atoms with Crippen LogP contribution in [0.2, 0.25) is 0 Å². The highest BCUT2D eigenvalue weighted by atomic mass is 16.5. The number of amides is 1. The Balaban J connectivity index is 1.54. The smallest absolute Gasteiger partial charge is 0.251 e. The Bertz CT molecular complexity index is 485. The first-order valence-corrected chi connectivity index (χ1v) is 7.54. The van der Waals surface area contributed by atoms with E-state index in [0.717, 1.165) is 38.8 Å². The molecule has 2 aliphatic rings. The van der Waals surface area contributed by atoms with Crippen LogP contribution in [-0.2, 0) is 22.5 Å². The molecule has 5 nitrogen and oxygen atoms in total. The molecule has 20 heavy (non-hydrogen) atoms. The highest BCUT2D eigenvalue weighted by molar-refractivity contribution is 5.80. The van der Waals surface area contributed by atoms with Gasteiger partial charge in [-0.1, -0.05) is 0 Å². The number of hydrogen-bond acceptors (Lipinski definition) is 3. The van der Waals surface area contributed by atoms with Gasteiger partial charge in [-0.15, -0.1) is 0 Å². The monoisotopic (exact) mass is 277 g/mol. The number of carbonyl (C=O) groups excluding carboxylic acids is 1. The Hall–Kier alpha value is -1.36. The lowest BCUT2D eigenvalue weighted by Gasteiger charge is -2.29. The summed E-state index contributed by atoms with van der Waals surface area (Å²) in [5.74, 6) is 1.83. The van der Waals surface area contributed by atoms with Crippen molar-refractivity contribution in [3.8, 4) is 0 Å². The van der Waals surface area contributed by atoms with Crippen molar-refractivity contribution in [1.29, 1.82) is 0 Å². The van der Waals surface area contributed by atoms with Gasteiger partial charge < -0.3 is 14.2 Å². The van der Waals surface area contributed by atoms with Crippen molar-refractivity contribution in [2.24, 2.45) is 5.92 Å². The fraction of sp³-hybridized carbons (Fsp3) is 0.733. The molecule has 1 amide bonds. The van der Waals surface area contributed by atoms with E-state index in [1.807, 2.05) is 31.3 Å². The number of carbonyl (C=O) groups is 1. The summed E-state index contributed by atoms with van der Waals surface area (Å²) in [5.41, 5.74) is 0. The van der Waals surface area contributed by atoms with Crippen LogP contribution in [0.4, 0.5) is 0 Å². The van der Waals surface area contributed by atoms with Crippen molar-refractivity contribution < 1.29 is 9.53 Å². The van der Waals surface area contributed by atoms with Crippen LogP contribution in [0.15, 0.2) is 12.4 Å². The minimum atomic E-state index is -0.220. The van der Waals surface area contributed by atoms with E-state index in [4.69, 9.17) is 4.74 Å². The average molecular weight is 277 g/mol. The summed E-state index contributed by atoms with van der Waals surface area (Å²) >= 11 is 0. The number of aromatic nitrogens is 2. The van der Waals surface area contributed by atoms with Crippen LogP contribution in [-0.4, -0.2) is 46.2 Å². The maximum atomic E-state index is 12.3. The van der Waals surface area contributed by atoms with Crippen LogP contribution in [0.1, 0.15) is 32.0 Å². The molecule has 2 aliphatic heterocycles. The van der Waals surface area contributed by atoms with Gasteiger partial charge in [-0.3, -0.25) is 4.79 Å². The first-order valence-electron chi connectivity index (χ1n) is 7.54. The molecule has 1 saturated heterocycles. The van der Waals surface area contributed by atoms with Crippen LogP contribution >= 0.6 is 0 Å². The van der Waals surface area contributed by atoms with E-state index >= 15 is 0 Å². The fourth-order valence-corrected chi connectivity index (χ4v) is 3.29. The van der Waals surface area contributed by atoms with Crippen molar-refractivity contribution in [2.75, 3.05) is 13.6 Å². The third-order valence-corrected chi connectivity index (χ3v) is 4.45. The standard InChI is InChI=1S/C15H23N3O2/c1-11-3-5-13(20-11)15(19)17(2)9-12-4-6-14-16-7-8-18(14)10-12/h7-8,11-13H,3-6,9-10H2,1-2H3/t11-,12+,13+/m1/s1. The second-order valence-corrected chi connectivity index (χ2v) is 6.13. The van der Waals surface area contributed by atoms with Gasteiger partial charge in [0.2, 0.25) is 0 Å². The molecule has 0 spiro atoms. The van der Waals surface area contributed by atoms with Gasteiger partial charge >= 0.3 is 0 Å². The van der Waals surface area contributed by atoms with Gasteiger partial charge in [0, 0.05) is 39.0 Å². The Labute approximate surface area is 119 Å². The van der Waals surface area contributed by atoms with Crippen molar-refractivity contribution in [3.05, 3.63) is 18.2 Å². The average Bonchev–Trinajstić information content (AvgIpc) is 3.05. The fourth-order valence-electron chi connectivity index (χ4n) is 3.29. The first-order chi connectivity index (χ1) is 9.63. The molecule has 0 unspecified atom stereocenters. The SMILES string of the molecule is C[C@@H]1CC[C@@H](C(=O)N(C)C[C@@H]2CCc3nccn3C2)O1. The van der Waals surface area contributed by atoms with Crippen LogP contribution in [0, 0.1) is 5.92 Å². The van der Waals surface area contributed by atoms with E-state index < -0.39 is 0 Å². The second kappa shape index (κ2) is 5.56.